The van der Waals surface area contributed by atoms with E-state index in [1.165, 1.54) is 0 Å². The molecule has 0 radical (unpaired) electrons. The lowest BCUT2D eigenvalue weighted by molar-refractivity contribution is -0.386. The first-order valence-corrected chi connectivity index (χ1v) is 7.72. The molecule has 0 bridgehead atoms. The zero-order valence-electron chi connectivity index (χ0n) is 11.9. The maximum Gasteiger partial charge on any atom is 0.278 e. The second-order valence-corrected chi connectivity index (χ2v) is 5.47. The number of thioether (sulfide) groups is 1. The number of hydrogen-bond acceptors (Lipinski definition) is 5. The Balaban J connectivity index is 2.85. The molecular weight excluding hydrogens is 262 g/mol. The fraction of sp³-hybridized carbons (Fsp3) is 0.615. The minimum Gasteiger partial charge on any atom is -0.308 e. The molecule has 1 aromatic rings. The smallest absolute Gasteiger partial charge is 0.278 e. The minimum atomic E-state index is -0.324. The molecule has 1 aromatic heterocycles. The molecule has 5 nitrogen and oxygen atoms in total. The lowest BCUT2D eigenvalue weighted by atomic mass is 10.1. The number of rotatable bonds is 7. The van der Waals surface area contributed by atoms with Crippen LogP contribution in [0.4, 0.5) is 5.69 Å². The SMILES string of the molecule is CCC(CSC)NCc1ncc(C)c([N+](=O)[O-])c1C. The summed E-state index contributed by atoms with van der Waals surface area (Å²) in [4.78, 5) is 15.0. The van der Waals surface area contributed by atoms with Crippen molar-refractivity contribution >= 4 is 17.4 Å². The summed E-state index contributed by atoms with van der Waals surface area (Å²) in [6.45, 7) is 6.19. The van der Waals surface area contributed by atoms with E-state index < -0.39 is 0 Å². The summed E-state index contributed by atoms with van der Waals surface area (Å²) in [6, 6.07) is 0.413. The van der Waals surface area contributed by atoms with Crippen LogP contribution < -0.4 is 5.32 Å². The average molecular weight is 283 g/mol. The summed E-state index contributed by atoms with van der Waals surface area (Å²) in [5.74, 6) is 1.03. The van der Waals surface area contributed by atoms with E-state index in [0.29, 0.717) is 23.7 Å². The monoisotopic (exact) mass is 283 g/mol. The van der Waals surface area contributed by atoms with Crippen LogP contribution in [0, 0.1) is 24.0 Å². The lowest BCUT2D eigenvalue weighted by Crippen LogP contribution is -2.30. The molecule has 1 rings (SSSR count). The summed E-state index contributed by atoms with van der Waals surface area (Å²) < 4.78 is 0. The first-order chi connectivity index (χ1) is 9.01. The molecule has 1 heterocycles. The van der Waals surface area contributed by atoms with Crippen molar-refractivity contribution in [2.24, 2.45) is 0 Å². The second kappa shape index (κ2) is 7.45. The molecule has 0 fully saturated rings. The zero-order chi connectivity index (χ0) is 14.4. The highest BCUT2D eigenvalue weighted by molar-refractivity contribution is 7.98. The molecule has 106 valence electrons. The van der Waals surface area contributed by atoms with Crippen LogP contribution in [0.1, 0.15) is 30.2 Å². The average Bonchev–Trinajstić information content (AvgIpc) is 2.36. The number of nitrogens with one attached hydrogen (secondary N) is 1. The van der Waals surface area contributed by atoms with Gasteiger partial charge in [0.25, 0.3) is 5.69 Å². The molecule has 0 saturated carbocycles. The summed E-state index contributed by atoms with van der Waals surface area (Å²) >= 11 is 1.79. The normalized spacial score (nSPS) is 12.4. The highest BCUT2D eigenvalue weighted by Crippen LogP contribution is 2.24. The van der Waals surface area contributed by atoms with Crippen molar-refractivity contribution < 1.29 is 4.92 Å². The van der Waals surface area contributed by atoms with E-state index in [1.54, 1.807) is 31.8 Å². The Bertz CT molecular complexity index is 452. The van der Waals surface area contributed by atoms with Gasteiger partial charge in [-0.3, -0.25) is 15.1 Å². The van der Waals surface area contributed by atoms with Crippen LogP contribution in [0.15, 0.2) is 6.20 Å². The number of aromatic nitrogens is 1. The topological polar surface area (TPSA) is 68.1 Å². The number of hydrogen-bond donors (Lipinski definition) is 1. The molecule has 0 amide bonds. The fourth-order valence-corrected chi connectivity index (χ4v) is 2.74. The molecule has 0 aliphatic carbocycles. The van der Waals surface area contributed by atoms with Gasteiger partial charge < -0.3 is 5.32 Å². The number of aryl methyl sites for hydroxylation is 1. The molecular formula is C13H21N3O2S. The van der Waals surface area contributed by atoms with E-state index in [2.05, 4.69) is 23.5 Å². The van der Waals surface area contributed by atoms with Crippen molar-refractivity contribution in [3.05, 3.63) is 33.1 Å². The molecule has 0 spiro atoms. The molecule has 19 heavy (non-hydrogen) atoms. The quantitative estimate of drug-likeness (QED) is 0.615. The second-order valence-electron chi connectivity index (χ2n) is 4.56. The van der Waals surface area contributed by atoms with Crippen LogP contribution in [0.5, 0.6) is 0 Å². The lowest BCUT2D eigenvalue weighted by Gasteiger charge is -2.16. The van der Waals surface area contributed by atoms with Gasteiger partial charge in [0.2, 0.25) is 0 Å². The molecule has 0 aliphatic heterocycles. The van der Waals surface area contributed by atoms with Gasteiger partial charge in [0.15, 0.2) is 0 Å². The molecule has 0 saturated heterocycles. The van der Waals surface area contributed by atoms with E-state index in [1.807, 2.05) is 0 Å². The number of pyridine rings is 1. The third kappa shape index (κ3) is 4.18. The number of nitro groups is 1. The number of nitrogens with zero attached hydrogens (tertiary/aromatic N) is 2. The van der Waals surface area contributed by atoms with Gasteiger partial charge in [0.1, 0.15) is 0 Å². The van der Waals surface area contributed by atoms with Gasteiger partial charge in [-0.1, -0.05) is 6.92 Å². The summed E-state index contributed by atoms with van der Waals surface area (Å²) in [7, 11) is 0. The maximum absolute atomic E-state index is 11.0. The minimum absolute atomic E-state index is 0.185. The van der Waals surface area contributed by atoms with Crippen molar-refractivity contribution in [3.8, 4) is 0 Å². The van der Waals surface area contributed by atoms with Crippen molar-refractivity contribution in [2.45, 2.75) is 39.8 Å². The van der Waals surface area contributed by atoms with Gasteiger partial charge >= 0.3 is 0 Å². The van der Waals surface area contributed by atoms with Crippen molar-refractivity contribution in [2.75, 3.05) is 12.0 Å². The van der Waals surface area contributed by atoms with Crippen molar-refractivity contribution in [3.63, 3.8) is 0 Å². The molecule has 0 aromatic carbocycles. The maximum atomic E-state index is 11.0. The van der Waals surface area contributed by atoms with Gasteiger partial charge in [-0.15, -0.1) is 0 Å². The Morgan fingerprint density at radius 2 is 2.21 bits per heavy atom. The Labute approximate surface area is 118 Å². The van der Waals surface area contributed by atoms with Crippen molar-refractivity contribution in [1.29, 1.82) is 0 Å². The van der Waals surface area contributed by atoms with Crippen LogP contribution in [-0.2, 0) is 6.54 Å². The predicted molar refractivity (Wildman–Crippen MR) is 79.7 cm³/mol. The Hall–Kier alpha value is -1.14. The standard InChI is InChI=1S/C13H21N3O2S/c1-5-11(8-19-4)14-7-12-10(3)13(16(17)18)9(2)6-15-12/h6,11,14H,5,7-8H2,1-4H3. The van der Waals surface area contributed by atoms with Crippen LogP contribution in [0.25, 0.3) is 0 Å². The fourth-order valence-electron chi connectivity index (χ4n) is 1.99. The van der Waals surface area contributed by atoms with E-state index in [0.717, 1.165) is 17.9 Å². The Morgan fingerprint density at radius 3 is 2.74 bits per heavy atom. The Morgan fingerprint density at radius 1 is 1.53 bits per heavy atom. The summed E-state index contributed by atoms with van der Waals surface area (Å²) in [6.07, 6.45) is 4.69. The van der Waals surface area contributed by atoms with Crippen LogP contribution >= 0.6 is 11.8 Å². The third-order valence-corrected chi connectivity index (χ3v) is 3.91. The summed E-state index contributed by atoms with van der Waals surface area (Å²) in [5.41, 5.74) is 2.22. The van der Waals surface area contributed by atoms with E-state index >= 15 is 0 Å². The predicted octanol–water partition coefficient (Wildman–Crippen LogP) is 2.84. The highest BCUT2D eigenvalue weighted by atomic mass is 32.2. The third-order valence-electron chi connectivity index (χ3n) is 3.18. The molecule has 0 aliphatic rings. The first kappa shape index (κ1) is 15.9. The van der Waals surface area contributed by atoms with Gasteiger partial charge in [-0.2, -0.15) is 11.8 Å². The molecule has 1 N–H and O–H groups in total. The summed E-state index contributed by atoms with van der Waals surface area (Å²) in [5, 5.41) is 14.5. The van der Waals surface area contributed by atoms with Crippen molar-refractivity contribution in [1.82, 2.24) is 10.3 Å². The highest BCUT2D eigenvalue weighted by Gasteiger charge is 2.18. The molecule has 1 atom stereocenters. The van der Waals surface area contributed by atoms with Gasteiger partial charge in [-0.25, -0.2) is 0 Å². The van der Waals surface area contributed by atoms with Gasteiger partial charge in [0.05, 0.1) is 10.6 Å². The molecule has 6 heteroatoms. The first-order valence-electron chi connectivity index (χ1n) is 6.33. The van der Waals surface area contributed by atoms with E-state index in [-0.39, 0.29) is 10.6 Å². The van der Waals surface area contributed by atoms with Crippen LogP contribution in [0.3, 0.4) is 0 Å². The van der Waals surface area contributed by atoms with Crippen LogP contribution in [0.2, 0.25) is 0 Å². The van der Waals surface area contributed by atoms with Gasteiger partial charge in [0, 0.05) is 35.7 Å². The largest absolute Gasteiger partial charge is 0.308 e. The van der Waals surface area contributed by atoms with E-state index in [4.69, 9.17) is 0 Å². The Kier molecular flexibility index (Phi) is 6.24. The van der Waals surface area contributed by atoms with Gasteiger partial charge in [-0.05, 0) is 26.5 Å². The van der Waals surface area contributed by atoms with Crippen LogP contribution in [-0.4, -0.2) is 28.0 Å². The molecule has 1 unspecified atom stereocenters. The zero-order valence-corrected chi connectivity index (χ0v) is 12.7. The van der Waals surface area contributed by atoms with E-state index in [9.17, 15) is 10.1 Å².